The summed E-state index contributed by atoms with van der Waals surface area (Å²) in [4.78, 5) is 1.99. The van der Waals surface area contributed by atoms with Gasteiger partial charge >= 0.3 is 0 Å². The molecule has 5 nitrogen and oxygen atoms in total. The highest BCUT2D eigenvalue weighted by Crippen LogP contribution is 2.31. The van der Waals surface area contributed by atoms with Crippen LogP contribution in [0.3, 0.4) is 0 Å². The first-order chi connectivity index (χ1) is 8.34. The predicted octanol–water partition coefficient (Wildman–Crippen LogP) is 2.03. The maximum Gasteiger partial charge on any atom is 0.232 e. The molecule has 17 heavy (non-hydrogen) atoms. The Labute approximate surface area is 103 Å². The van der Waals surface area contributed by atoms with Crippen molar-refractivity contribution in [3.8, 4) is 5.75 Å². The molecule has 6 heteroatoms. The van der Waals surface area contributed by atoms with E-state index < -0.39 is 0 Å². The topological polar surface area (TPSA) is 51.1 Å². The molecule has 0 saturated heterocycles. The Balaban J connectivity index is 1.93. The third kappa shape index (κ3) is 1.95. The minimum atomic E-state index is 0.793. The lowest BCUT2D eigenvalue weighted by Gasteiger charge is -2.21. The number of benzene rings is 1. The SMILES string of the molecule is CN(c1ccc2c(c1)CCCO2)c1nnns1. The van der Waals surface area contributed by atoms with Gasteiger partial charge in [-0.1, -0.05) is 9.59 Å². The smallest absolute Gasteiger partial charge is 0.232 e. The van der Waals surface area contributed by atoms with Crippen LogP contribution in [0.2, 0.25) is 0 Å². The van der Waals surface area contributed by atoms with Crippen LogP contribution < -0.4 is 9.64 Å². The number of nitrogens with zero attached hydrogens (tertiary/aromatic N) is 4. The van der Waals surface area contributed by atoms with Crippen LogP contribution in [-0.4, -0.2) is 28.5 Å². The van der Waals surface area contributed by atoms with E-state index in [0.29, 0.717) is 0 Å². The highest BCUT2D eigenvalue weighted by Gasteiger charge is 2.14. The molecule has 1 aromatic heterocycles. The van der Waals surface area contributed by atoms with Gasteiger partial charge in [0.25, 0.3) is 0 Å². The van der Waals surface area contributed by atoms with E-state index in [0.717, 1.165) is 36.0 Å². The fourth-order valence-corrected chi connectivity index (χ4v) is 2.37. The third-order valence-corrected chi connectivity index (χ3v) is 3.53. The van der Waals surface area contributed by atoms with Crippen LogP contribution in [-0.2, 0) is 6.42 Å². The van der Waals surface area contributed by atoms with Crippen molar-refractivity contribution >= 4 is 22.4 Å². The second-order valence-corrected chi connectivity index (χ2v) is 4.66. The molecular weight excluding hydrogens is 236 g/mol. The van der Waals surface area contributed by atoms with E-state index in [1.54, 1.807) is 0 Å². The molecule has 1 aromatic carbocycles. The third-order valence-electron chi connectivity index (χ3n) is 2.86. The van der Waals surface area contributed by atoms with Gasteiger partial charge in [0.05, 0.1) is 6.61 Å². The Hall–Kier alpha value is -1.69. The van der Waals surface area contributed by atoms with Crippen LogP contribution in [0.5, 0.6) is 5.75 Å². The van der Waals surface area contributed by atoms with Crippen molar-refractivity contribution < 1.29 is 4.74 Å². The number of aromatic nitrogens is 3. The average molecular weight is 248 g/mol. The van der Waals surface area contributed by atoms with Gasteiger partial charge in [-0.25, -0.2) is 0 Å². The standard InChI is InChI=1S/C11H12N4OS/c1-15(11-12-13-14-17-11)9-4-5-10-8(7-9)3-2-6-16-10/h4-5,7H,2-3,6H2,1H3. The van der Waals surface area contributed by atoms with Gasteiger partial charge < -0.3 is 9.64 Å². The van der Waals surface area contributed by atoms with Gasteiger partial charge in [-0.2, -0.15) is 0 Å². The number of rotatable bonds is 2. The summed E-state index contributed by atoms with van der Waals surface area (Å²) in [5.41, 5.74) is 2.35. The van der Waals surface area contributed by atoms with E-state index in [4.69, 9.17) is 4.74 Å². The molecule has 0 fully saturated rings. The molecule has 0 N–H and O–H groups in total. The second kappa shape index (κ2) is 4.29. The summed E-state index contributed by atoms with van der Waals surface area (Å²) in [6.45, 7) is 0.822. The first-order valence-electron chi connectivity index (χ1n) is 5.49. The van der Waals surface area contributed by atoms with Crippen molar-refractivity contribution in [3.05, 3.63) is 23.8 Å². The second-order valence-electron chi connectivity index (χ2n) is 3.95. The quantitative estimate of drug-likeness (QED) is 0.814. The number of aryl methyl sites for hydroxylation is 1. The van der Waals surface area contributed by atoms with Crippen LogP contribution in [0, 0.1) is 0 Å². The van der Waals surface area contributed by atoms with Crippen molar-refractivity contribution in [3.63, 3.8) is 0 Å². The number of anilines is 2. The molecule has 88 valence electrons. The molecule has 0 aliphatic carbocycles. The molecule has 0 unspecified atom stereocenters. The molecule has 0 atom stereocenters. The van der Waals surface area contributed by atoms with E-state index in [1.807, 2.05) is 24.1 Å². The van der Waals surface area contributed by atoms with Gasteiger partial charge in [0.1, 0.15) is 5.75 Å². The fourth-order valence-electron chi connectivity index (χ4n) is 1.92. The lowest BCUT2D eigenvalue weighted by molar-refractivity contribution is 0.288. The first kappa shape index (κ1) is 10.5. The fraction of sp³-hybridized carbons (Fsp3) is 0.364. The van der Waals surface area contributed by atoms with E-state index in [-0.39, 0.29) is 0 Å². The van der Waals surface area contributed by atoms with Gasteiger partial charge in [-0.15, -0.1) is 0 Å². The van der Waals surface area contributed by atoms with Crippen LogP contribution in [0.1, 0.15) is 12.0 Å². The predicted molar refractivity (Wildman–Crippen MR) is 66.0 cm³/mol. The molecule has 3 rings (SSSR count). The van der Waals surface area contributed by atoms with Gasteiger partial charge in [0.15, 0.2) is 0 Å². The van der Waals surface area contributed by atoms with Gasteiger partial charge in [0.2, 0.25) is 5.13 Å². The maximum absolute atomic E-state index is 5.59. The number of hydrogen-bond donors (Lipinski definition) is 0. The van der Waals surface area contributed by atoms with E-state index >= 15 is 0 Å². The highest BCUT2D eigenvalue weighted by molar-refractivity contribution is 7.09. The Morgan fingerprint density at radius 1 is 1.41 bits per heavy atom. The summed E-state index contributed by atoms with van der Waals surface area (Å²) in [5.74, 6) is 1.00. The molecule has 0 saturated carbocycles. The zero-order chi connectivity index (χ0) is 11.7. The number of hydrogen-bond acceptors (Lipinski definition) is 6. The number of ether oxygens (including phenoxy) is 1. The average Bonchev–Trinajstić information content (AvgIpc) is 2.91. The lowest BCUT2D eigenvalue weighted by atomic mass is 10.1. The van der Waals surface area contributed by atoms with Gasteiger partial charge in [-0.05, 0) is 41.8 Å². The minimum Gasteiger partial charge on any atom is -0.493 e. The summed E-state index contributed by atoms with van der Waals surface area (Å²) in [7, 11) is 1.97. The molecule has 2 heterocycles. The Morgan fingerprint density at radius 2 is 2.35 bits per heavy atom. The summed E-state index contributed by atoms with van der Waals surface area (Å²) in [6.07, 6.45) is 2.16. The summed E-state index contributed by atoms with van der Waals surface area (Å²) >= 11 is 1.29. The molecule has 1 aliphatic rings. The van der Waals surface area contributed by atoms with Crippen molar-refractivity contribution in [1.29, 1.82) is 0 Å². The molecule has 0 radical (unpaired) electrons. The van der Waals surface area contributed by atoms with Crippen LogP contribution in [0.25, 0.3) is 0 Å². The van der Waals surface area contributed by atoms with E-state index in [9.17, 15) is 0 Å². The molecule has 0 amide bonds. The highest BCUT2D eigenvalue weighted by atomic mass is 32.1. The molecule has 0 bridgehead atoms. The Kier molecular flexibility index (Phi) is 2.64. The largest absolute Gasteiger partial charge is 0.493 e. The molecular formula is C11H12N4OS. The monoisotopic (exact) mass is 248 g/mol. The Morgan fingerprint density at radius 3 is 3.18 bits per heavy atom. The maximum atomic E-state index is 5.59. The summed E-state index contributed by atoms with van der Waals surface area (Å²) in [5, 5.41) is 8.36. The van der Waals surface area contributed by atoms with E-state index in [2.05, 4.69) is 20.9 Å². The van der Waals surface area contributed by atoms with E-state index in [1.165, 1.54) is 17.1 Å². The number of fused-ring (bicyclic) bond motifs is 1. The van der Waals surface area contributed by atoms with Crippen molar-refractivity contribution in [2.75, 3.05) is 18.6 Å². The van der Waals surface area contributed by atoms with Crippen LogP contribution in [0.4, 0.5) is 10.8 Å². The van der Waals surface area contributed by atoms with Crippen molar-refractivity contribution in [1.82, 2.24) is 14.8 Å². The summed E-state index contributed by atoms with van der Waals surface area (Å²) in [6, 6.07) is 6.20. The van der Waals surface area contributed by atoms with Crippen LogP contribution in [0.15, 0.2) is 18.2 Å². The molecule has 0 spiro atoms. The van der Waals surface area contributed by atoms with Crippen LogP contribution >= 0.6 is 11.5 Å². The lowest BCUT2D eigenvalue weighted by Crippen LogP contribution is -2.12. The summed E-state index contributed by atoms with van der Waals surface area (Å²) < 4.78 is 9.36. The minimum absolute atomic E-state index is 0.793. The van der Waals surface area contributed by atoms with Gasteiger partial charge in [0, 0.05) is 24.3 Å². The Bertz CT molecular complexity index is 514. The zero-order valence-corrected chi connectivity index (χ0v) is 10.3. The first-order valence-corrected chi connectivity index (χ1v) is 6.26. The van der Waals surface area contributed by atoms with Crippen molar-refractivity contribution in [2.45, 2.75) is 12.8 Å². The molecule has 2 aromatic rings. The zero-order valence-electron chi connectivity index (χ0n) is 9.46. The normalized spacial score (nSPS) is 13.9. The molecule has 1 aliphatic heterocycles. The van der Waals surface area contributed by atoms with Crippen molar-refractivity contribution in [2.24, 2.45) is 0 Å². The van der Waals surface area contributed by atoms with Gasteiger partial charge in [-0.3, -0.25) is 0 Å².